The van der Waals surface area contributed by atoms with Gasteiger partial charge in [0.1, 0.15) is 19.3 Å². The Balaban J connectivity index is 5.22. The van der Waals surface area contributed by atoms with E-state index in [0.717, 1.165) is 102 Å². The molecule has 0 aromatic heterocycles. The molecule has 594 valence electrons. The predicted molar refractivity (Wildman–Crippen MR) is 409 cm³/mol. The topological polar surface area (TPSA) is 237 Å². The molecule has 0 spiro atoms. The minimum absolute atomic E-state index is 0.107. The Kier molecular flexibility index (Phi) is 71.2. The minimum atomic E-state index is -4.96. The first kappa shape index (κ1) is 98.1. The van der Waals surface area contributed by atoms with E-state index in [2.05, 4.69) is 41.5 Å². The number of hydrogen-bond donors (Lipinski definition) is 3. The molecule has 5 atom stereocenters. The quantitative estimate of drug-likeness (QED) is 0.0222. The van der Waals surface area contributed by atoms with Crippen LogP contribution in [0.4, 0.5) is 0 Å². The third-order valence-electron chi connectivity index (χ3n) is 19.0. The SMILES string of the molecule is CCCCCCCCCCCCCCCCCCCCCC(=O)O[C@H](COC(=O)CCCCCCCCCCCCCCCC(C)C)COP(=O)(O)OC[C@@H](O)COP(=O)(O)OC[C@@H](COC(=O)CCCCCCCCC(C)C)OC(=O)CCCCCCCCCCCCCCCCCC. The van der Waals surface area contributed by atoms with Gasteiger partial charge in [0.25, 0.3) is 0 Å². The van der Waals surface area contributed by atoms with Gasteiger partial charge >= 0.3 is 39.5 Å². The molecular weight excluding hydrogens is 1310 g/mol. The van der Waals surface area contributed by atoms with Gasteiger partial charge in [0.2, 0.25) is 0 Å². The summed E-state index contributed by atoms with van der Waals surface area (Å²) in [6, 6.07) is 0. The number of rotatable bonds is 80. The third kappa shape index (κ3) is 74.3. The summed E-state index contributed by atoms with van der Waals surface area (Å²) in [5.74, 6) is -0.639. The van der Waals surface area contributed by atoms with E-state index < -0.39 is 97.5 Å². The van der Waals surface area contributed by atoms with Crippen LogP contribution >= 0.6 is 15.6 Å². The second kappa shape index (κ2) is 72.6. The van der Waals surface area contributed by atoms with E-state index in [4.69, 9.17) is 37.0 Å². The number of phosphoric acid groups is 2. The summed E-state index contributed by atoms with van der Waals surface area (Å²) in [5, 5.41) is 10.6. The molecule has 0 saturated heterocycles. The van der Waals surface area contributed by atoms with Crippen molar-refractivity contribution in [3.05, 3.63) is 0 Å². The van der Waals surface area contributed by atoms with Gasteiger partial charge in [-0.25, -0.2) is 9.13 Å². The van der Waals surface area contributed by atoms with Gasteiger partial charge in [-0.15, -0.1) is 0 Å². The Morgan fingerprint density at radius 3 is 0.680 bits per heavy atom. The molecule has 0 aliphatic carbocycles. The molecule has 19 heteroatoms. The molecule has 0 saturated carbocycles. The average Bonchev–Trinajstić information content (AvgIpc) is 0.990. The fourth-order valence-corrected chi connectivity index (χ4v) is 14.1. The van der Waals surface area contributed by atoms with Gasteiger partial charge in [-0.2, -0.15) is 0 Å². The van der Waals surface area contributed by atoms with E-state index in [9.17, 15) is 43.2 Å². The van der Waals surface area contributed by atoms with Crippen LogP contribution in [0.25, 0.3) is 0 Å². The number of aliphatic hydroxyl groups excluding tert-OH is 1. The number of esters is 4. The lowest BCUT2D eigenvalue weighted by atomic mass is 10.0. The van der Waals surface area contributed by atoms with Crippen molar-refractivity contribution >= 4 is 39.5 Å². The highest BCUT2D eigenvalue weighted by Gasteiger charge is 2.30. The molecule has 17 nitrogen and oxygen atoms in total. The van der Waals surface area contributed by atoms with Crippen LogP contribution in [0.3, 0.4) is 0 Å². The van der Waals surface area contributed by atoms with E-state index >= 15 is 0 Å². The maximum Gasteiger partial charge on any atom is 0.472 e. The number of aliphatic hydroxyl groups is 1. The van der Waals surface area contributed by atoms with Gasteiger partial charge in [-0.05, 0) is 37.5 Å². The monoisotopic (exact) mass is 1470 g/mol. The highest BCUT2D eigenvalue weighted by molar-refractivity contribution is 7.47. The lowest BCUT2D eigenvalue weighted by Gasteiger charge is -2.21. The zero-order valence-electron chi connectivity index (χ0n) is 65.5. The Morgan fingerprint density at radius 2 is 0.460 bits per heavy atom. The third-order valence-corrected chi connectivity index (χ3v) is 20.9. The van der Waals surface area contributed by atoms with E-state index in [1.165, 1.54) is 238 Å². The fraction of sp³-hybridized carbons (Fsp3) is 0.951. The average molecular weight is 1470 g/mol. The predicted octanol–water partition coefficient (Wildman–Crippen LogP) is 24.3. The highest BCUT2D eigenvalue weighted by atomic mass is 31.2. The Labute approximate surface area is 613 Å². The van der Waals surface area contributed by atoms with Gasteiger partial charge in [0.15, 0.2) is 12.2 Å². The van der Waals surface area contributed by atoms with Crippen LogP contribution in [-0.2, 0) is 65.4 Å². The van der Waals surface area contributed by atoms with Gasteiger partial charge in [-0.1, -0.05) is 375 Å². The summed E-state index contributed by atoms with van der Waals surface area (Å²) in [5.41, 5.74) is 0. The zero-order chi connectivity index (χ0) is 73.5. The van der Waals surface area contributed by atoms with Gasteiger partial charge in [0.05, 0.1) is 26.4 Å². The lowest BCUT2D eigenvalue weighted by molar-refractivity contribution is -0.161. The van der Waals surface area contributed by atoms with E-state index in [0.29, 0.717) is 31.6 Å². The van der Waals surface area contributed by atoms with Crippen LogP contribution in [0.2, 0.25) is 0 Å². The summed E-state index contributed by atoms with van der Waals surface area (Å²) in [4.78, 5) is 73.0. The van der Waals surface area contributed by atoms with Crippen molar-refractivity contribution < 1.29 is 80.2 Å². The van der Waals surface area contributed by atoms with Crippen LogP contribution in [0, 0.1) is 11.8 Å². The number of carbonyl (C=O) groups excluding carboxylic acids is 4. The Morgan fingerprint density at radius 1 is 0.270 bits per heavy atom. The molecular formula is C81H158O17P2. The Bertz CT molecular complexity index is 1920. The first-order valence-electron chi connectivity index (χ1n) is 42.0. The van der Waals surface area contributed by atoms with E-state index in [1.54, 1.807) is 0 Å². The maximum atomic E-state index is 13.1. The number of phosphoric ester groups is 2. The van der Waals surface area contributed by atoms with Gasteiger partial charge in [0, 0.05) is 25.7 Å². The van der Waals surface area contributed by atoms with Crippen LogP contribution < -0.4 is 0 Å². The van der Waals surface area contributed by atoms with Crippen molar-refractivity contribution in [3.63, 3.8) is 0 Å². The summed E-state index contributed by atoms with van der Waals surface area (Å²) in [6.07, 6.45) is 62.6. The minimum Gasteiger partial charge on any atom is -0.462 e. The first-order chi connectivity index (χ1) is 48.4. The number of ether oxygens (including phenoxy) is 4. The molecule has 3 N–H and O–H groups in total. The van der Waals surface area contributed by atoms with E-state index in [1.807, 2.05) is 0 Å². The molecule has 0 rings (SSSR count). The highest BCUT2D eigenvalue weighted by Crippen LogP contribution is 2.45. The summed E-state index contributed by atoms with van der Waals surface area (Å²) in [6.45, 7) is 9.58. The second-order valence-corrected chi connectivity index (χ2v) is 33.0. The number of carbonyl (C=O) groups is 4. The molecule has 0 bridgehead atoms. The Hall–Kier alpha value is -1.94. The second-order valence-electron chi connectivity index (χ2n) is 30.1. The fourth-order valence-electron chi connectivity index (χ4n) is 12.5. The van der Waals surface area contributed by atoms with Crippen LogP contribution in [0.15, 0.2) is 0 Å². The van der Waals surface area contributed by atoms with Crippen molar-refractivity contribution in [2.24, 2.45) is 11.8 Å². The van der Waals surface area contributed by atoms with Gasteiger partial charge in [-0.3, -0.25) is 37.3 Å². The first-order valence-corrected chi connectivity index (χ1v) is 45.0. The number of hydrogen-bond acceptors (Lipinski definition) is 15. The normalized spacial score (nSPS) is 13.9. The van der Waals surface area contributed by atoms with Crippen LogP contribution in [0.1, 0.15) is 427 Å². The van der Waals surface area contributed by atoms with Crippen molar-refractivity contribution in [1.29, 1.82) is 0 Å². The number of unbranched alkanes of at least 4 members (excludes halogenated alkanes) is 50. The maximum absolute atomic E-state index is 13.1. The molecule has 0 radical (unpaired) electrons. The summed E-state index contributed by atoms with van der Waals surface area (Å²) < 4.78 is 68.7. The van der Waals surface area contributed by atoms with E-state index in [-0.39, 0.29) is 25.7 Å². The smallest absolute Gasteiger partial charge is 0.462 e. The van der Waals surface area contributed by atoms with Crippen molar-refractivity contribution in [2.75, 3.05) is 39.6 Å². The molecule has 0 aromatic carbocycles. The van der Waals surface area contributed by atoms with Crippen molar-refractivity contribution in [1.82, 2.24) is 0 Å². The molecule has 2 unspecified atom stereocenters. The standard InChI is InChI=1S/C81H158O17P2/c1-7-9-11-13-15-17-19-21-23-25-26-27-29-33-38-42-46-54-60-65-80(85)97-76(69-91-78(83)63-57-51-44-40-36-34-30-31-35-39-43-49-55-61-73(3)4)71-95-99(87,88)93-67-75(82)68-94-100(89,90)96-72-77(70-92-79(84)64-58-52-48-47-50-56-62-74(5)6)98-81(86)66-59-53-45-41-37-32-28-24-22-20-18-16-14-12-10-8-2/h73-77,82H,7-72H2,1-6H3,(H,87,88)(H,89,90)/t75-,76-,77-/m1/s1. The molecule has 0 aliphatic heterocycles. The molecule has 0 amide bonds. The van der Waals surface area contributed by atoms with Crippen molar-refractivity contribution in [2.45, 2.75) is 445 Å². The molecule has 0 aliphatic rings. The molecule has 0 aromatic rings. The van der Waals surface area contributed by atoms with Crippen LogP contribution in [0.5, 0.6) is 0 Å². The molecule has 100 heavy (non-hydrogen) atoms. The van der Waals surface area contributed by atoms with Gasteiger partial charge < -0.3 is 33.8 Å². The zero-order valence-corrected chi connectivity index (χ0v) is 67.3. The molecule has 0 heterocycles. The van der Waals surface area contributed by atoms with Crippen LogP contribution in [-0.4, -0.2) is 96.7 Å². The largest absolute Gasteiger partial charge is 0.472 e. The summed E-state index contributed by atoms with van der Waals surface area (Å²) >= 11 is 0. The lowest BCUT2D eigenvalue weighted by Crippen LogP contribution is -2.30. The summed E-state index contributed by atoms with van der Waals surface area (Å²) in [7, 11) is -9.92. The van der Waals surface area contributed by atoms with Crippen molar-refractivity contribution in [3.8, 4) is 0 Å². The molecule has 0 fully saturated rings.